The molecule has 0 saturated carbocycles. The predicted octanol–water partition coefficient (Wildman–Crippen LogP) is 3.84. The summed E-state index contributed by atoms with van der Waals surface area (Å²) in [5, 5.41) is 0.280. The highest BCUT2D eigenvalue weighted by Gasteiger charge is 2.37. The molecule has 1 aliphatic rings. The van der Waals surface area contributed by atoms with Crippen molar-refractivity contribution in [1.82, 2.24) is 4.98 Å². The lowest BCUT2D eigenvalue weighted by Gasteiger charge is -2.20. The summed E-state index contributed by atoms with van der Waals surface area (Å²) in [5.74, 6) is 5.03. The fourth-order valence-corrected chi connectivity index (χ4v) is 2.72. The quantitative estimate of drug-likeness (QED) is 0.743. The van der Waals surface area contributed by atoms with Gasteiger partial charge < -0.3 is 4.90 Å². The van der Waals surface area contributed by atoms with Gasteiger partial charge in [-0.25, -0.2) is 13.8 Å². The van der Waals surface area contributed by atoms with E-state index in [0.717, 1.165) is 0 Å². The highest BCUT2D eigenvalue weighted by molar-refractivity contribution is 6.33. The molecule has 1 saturated heterocycles. The van der Waals surface area contributed by atoms with Gasteiger partial charge in [-0.3, -0.25) is 0 Å². The van der Waals surface area contributed by atoms with E-state index in [-0.39, 0.29) is 18.0 Å². The van der Waals surface area contributed by atoms with Gasteiger partial charge in [-0.2, -0.15) is 0 Å². The van der Waals surface area contributed by atoms with Gasteiger partial charge >= 0.3 is 0 Å². The topological polar surface area (TPSA) is 16.1 Å². The standard InChI is InChI=1S/C17H13ClF2N2/c18-15-11-13(19)4-5-16(15)22-10-8-17(20,12-22)7-6-14-3-1-2-9-21-14/h1-5,9,11H,8,10,12H2. The van der Waals surface area contributed by atoms with Gasteiger partial charge in [0.15, 0.2) is 5.67 Å². The number of anilines is 1. The molecule has 0 bridgehead atoms. The Kier molecular flexibility index (Phi) is 4.00. The molecule has 2 heterocycles. The van der Waals surface area contributed by atoms with Crippen LogP contribution < -0.4 is 4.90 Å². The Morgan fingerprint density at radius 2 is 2.14 bits per heavy atom. The second-order valence-corrected chi connectivity index (χ2v) is 5.60. The van der Waals surface area contributed by atoms with E-state index < -0.39 is 11.5 Å². The first-order chi connectivity index (χ1) is 10.6. The van der Waals surface area contributed by atoms with Crippen LogP contribution in [0.1, 0.15) is 12.1 Å². The van der Waals surface area contributed by atoms with E-state index >= 15 is 0 Å². The van der Waals surface area contributed by atoms with Crippen molar-refractivity contribution in [1.29, 1.82) is 0 Å². The van der Waals surface area contributed by atoms with Crippen molar-refractivity contribution >= 4 is 17.3 Å². The lowest BCUT2D eigenvalue weighted by atomic mass is 10.1. The maximum Gasteiger partial charge on any atom is 0.190 e. The van der Waals surface area contributed by atoms with Crippen molar-refractivity contribution in [2.75, 3.05) is 18.0 Å². The van der Waals surface area contributed by atoms with Gasteiger partial charge in [-0.15, -0.1) is 0 Å². The van der Waals surface area contributed by atoms with Crippen LogP contribution in [-0.4, -0.2) is 23.7 Å². The molecule has 0 amide bonds. The summed E-state index contributed by atoms with van der Waals surface area (Å²) in [5.41, 5.74) is -0.449. The first kappa shape index (κ1) is 14.8. The van der Waals surface area contributed by atoms with Crippen LogP contribution in [0, 0.1) is 17.7 Å². The second-order valence-electron chi connectivity index (χ2n) is 5.20. The van der Waals surface area contributed by atoms with Crippen molar-refractivity contribution in [3.05, 3.63) is 59.1 Å². The molecule has 1 aromatic heterocycles. The number of rotatable bonds is 1. The third kappa shape index (κ3) is 3.20. The zero-order chi connectivity index (χ0) is 15.6. The molecule has 5 heteroatoms. The van der Waals surface area contributed by atoms with Crippen molar-refractivity contribution in [2.45, 2.75) is 12.1 Å². The smallest absolute Gasteiger partial charge is 0.190 e. The number of hydrogen-bond acceptors (Lipinski definition) is 2. The molecule has 1 fully saturated rings. The molecule has 112 valence electrons. The Morgan fingerprint density at radius 3 is 2.86 bits per heavy atom. The molecule has 22 heavy (non-hydrogen) atoms. The molecule has 0 radical (unpaired) electrons. The highest BCUT2D eigenvalue weighted by Crippen LogP contribution is 2.34. The van der Waals surface area contributed by atoms with E-state index in [4.69, 9.17) is 11.6 Å². The summed E-state index contributed by atoms with van der Waals surface area (Å²) in [6.45, 7) is 0.594. The first-order valence-corrected chi connectivity index (χ1v) is 7.27. The van der Waals surface area contributed by atoms with Crippen LogP contribution in [0.5, 0.6) is 0 Å². The lowest BCUT2D eigenvalue weighted by molar-refractivity contribution is 0.274. The van der Waals surface area contributed by atoms with Crippen LogP contribution in [0.3, 0.4) is 0 Å². The fraction of sp³-hybridized carbons (Fsp3) is 0.235. The minimum atomic E-state index is -1.62. The number of hydrogen-bond donors (Lipinski definition) is 0. The zero-order valence-electron chi connectivity index (χ0n) is 11.7. The summed E-state index contributed by atoms with van der Waals surface area (Å²) in [6.07, 6.45) is 1.90. The molecular formula is C17H13ClF2N2. The minimum Gasteiger partial charge on any atom is -0.366 e. The molecule has 2 aromatic rings. The van der Waals surface area contributed by atoms with Crippen LogP contribution in [0.2, 0.25) is 5.02 Å². The van der Waals surface area contributed by atoms with Gasteiger partial charge in [0.1, 0.15) is 11.5 Å². The first-order valence-electron chi connectivity index (χ1n) is 6.89. The molecule has 0 N–H and O–H groups in total. The highest BCUT2D eigenvalue weighted by atomic mass is 35.5. The van der Waals surface area contributed by atoms with Gasteiger partial charge in [-0.1, -0.05) is 23.6 Å². The normalized spacial score (nSPS) is 20.6. The maximum atomic E-state index is 14.8. The van der Waals surface area contributed by atoms with E-state index in [9.17, 15) is 8.78 Å². The summed E-state index contributed by atoms with van der Waals surface area (Å²) >= 11 is 6.03. The number of benzene rings is 1. The average molecular weight is 319 g/mol. The molecule has 1 atom stereocenters. The number of aromatic nitrogens is 1. The molecule has 1 unspecified atom stereocenters. The van der Waals surface area contributed by atoms with Gasteiger partial charge in [0.2, 0.25) is 0 Å². The summed E-state index contributed by atoms with van der Waals surface area (Å²) in [6, 6.07) is 9.44. The molecule has 3 rings (SSSR count). The Bertz CT molecular complexity index is 739. The SMILES string of the molecule is Fc1ccc(N2CCC(F)(C#Cc3ccccn3)C2)c(Cl)c1. The summed E-state index contributed by atoms with van der Waals surface area (Å²) in [4.78, 5) is 5.84. The maximum absolute atomic E-state index is 14.8. The Morgan fingerprint density at radius 1 is 1.27 bits per heavy atom. The van der Waals surface area contributed by atoms with E-state index in [2.05, 4.69) is 16.8 Å². The van der Waals surface area contributed by atoms with Crippen LogP contribution in [0.4, 0.5) is 14.5 Å². The summed E-state index contributed by atoms with van der Waals surface area (Å²) < 4.78 is 27.9. The van der Waals surface area contributed by atoms with Crippen molar-refractivity contribution in [3.63, 3.8) is 0 Å². The number of nitrogens with zero attached hydrogens (tertiary/aromatic N) is 2. The molecule has 0 aliphatic carbocycles. The van der Waals surface area contributed by atoms with Gasteiger partial charge in [0.25, 0.3) is 0 Å². The van der Waals surface area contributed by atoms with E-state index in [1.54, 1.807) is 35.4 Å². The van der Waals surface area contributed by atoms with Gasteiger partial charge in [-0.05, 0) is 36.3 Å². The monoisotopic (exact) mass is 318 g/mol. The molecular weight excluding hydrogens is 306 g/mol. The zero-order valence-corrected chi connectivity index (χ0v) is 12.4. The Balaban J connectivity index is 1.78. The Labute approximate surface area is 132 Å². The second kappa shape index (κ2) is 5.94. The molecule has 0 spiro atoms. The third-order valence-corrected chi connectivity index (χ3v) is 3.85. The fourth-order valence-electron chi connectivity index (χ4n) is 2.43. The predicted molar refractivity (Wildman–Crippen MR) is 83.2 cm³/mol. The largest absolute Gasteiger partial charge is 0.366 e. The van der Waals surface area contributed by atoms with Crippen LogP contribution in [-0.2, 0) is 0 Å². The van der Waals surface area contributed by atoms with E-state index in [1.165, 1.54) is 12.1 Å². The summed E-state index contributed by atoms with van der Waals surface area (Å²) in [7, 11) is 0. The van der Waals surface area contributed by atoms with Crippen LogP contribution in [0.25, 0.3) is 0 Å². The molecule has 1 aromatic carbocycles. The lowest BCUT2D eigenvalue weighted by Crippen LogP contribution is -2.27. The van der Waals surface area contributed by atoms with Gasteiger partial charge in [0, 0.05) is 19.2 Å². The van der Waals surface area contributed by atoms with Crippen LogP contribution >= 0.6 is 11.6 Å². The third-order valence-electron chi connectivity index (χ3n) is 3.55. The Hall–Kier alpha value is -2.12. The number of halogens is 3. The number of alkyl halides is 1. The van der Waals surface area contributed by atoms with Crippen molar-refractivity contribution in [3.8, 4) is 11.8 Å². The number of pyridine rings is 1. The van der Waals surface area contributed by atoms with E-state index in [0.29, 0.717) is 17.9 Å². The average Bonchev–Trinajstić information content (AvgIpc) is 2.89. The van der Waals surface area contributed by atoms with Gasteiger partial charge in [0.05, 0.1) is 17.3 Å². The molecule has 2 nitrogen and oxygen atoms in total. The minimum absolute atomic E-state index is 0.109. The van der Waals surface area contributed by atoms with Crippen molar-refractivity contribution < 1.29 is 8.78 Å². The molecule has 1 aliphatic heterocycles. The van der Waals surface area contributed by atoms with Crippen LogP contribution in [0.15, 0.2) is 42.6 Å². The van der Waals surface area contributed by atoms with Crippen molar-refractivity contribution in [2.24, 2.45) is 0 Å². The van der Waals surface area contributed by atoms with E-state index in [1.807, 2.05) is 0 Å².